The van der Waals surface area contributed by atoms with E-state index in [9.17, 15) is 15.0 Å². The number of amides is 2. The summed E-state index contributed by atoms with van der Waals surface area (Å²) >= 11 is 0. The van der Waals surface area contributed by atoms with Crippen LogP contribution < -0.4 is 5.73 Å². The number of benzene rings is 3. The normalized spacial score (nSPS) is 21.1. The van der Waals surface area contributed by atoms with Gasteiger partial charge in [0, 0.05) is 18.5 Å². The van der Waals surface area contributed by atoms with E-state index in [0.717, 1.165) is 22.0 Å². The summed E-state index contributed by atoms with van der Waals surface area (Å²) < 4.78 is 10.0. The van der Waals surface area contributed by atoms with Gasteiger partial charge in [-0.05, 0) is 41.7 Å². The zero-order valence-electron chi connectivity index (χ0n) is 23.4. The van der Waals surface area contributed by atoms with E-state index in [1.165, 1.54) is 0 Å². The molecule has 7 N–H and O–H groups in total. The van der Waals surface area contributed by atoms with Crippen LogP contribution in [-0.4, -0.2) is 84.2 Å². The zero-order valence-corrected chi connectivity index (χ0v) is 24.3. The van der Waals surface area contributed by atoms with Gasteiger partial charge in [-0.3, -0.25) is 9.62 Å². The summed E-state index contributed by atoms with van der Waals surface area (Å²) in [6.07, 6.45) is -1.89. The molecule has 2 amide bonds. The topological polar surface area (TPSA) is 178 Å². The molecule has 1 aliphatic rings. The Kier molecular flexibility index (Phi) is 10.2. The monoisotopic (exact) mass is 609 g/mol. The number of aliphatic hydroxyl groups is 2. The maximum absolute atomic E-state index is 14.6. The number of carbonyl (C=O) groups is 1. The number of nitrogens with two attached hydrogens (primary N) is 1. The molecular weight excluding hydrogens is 573 g/mol. The number of aromatic amines is 1. The van der Waals surface area contributed by atoms with Crippen molar-refractivity contribution in [2.24, 2.45) is 0 Å². The number of anilines is 1. The SMILES string of the molecule is Nc1n[nH]c2ccc(CN3C(=O)N(CCCOCOP(O)O)C(c4ccccc4)[C@H](O)[C@@H](O)[C@H]3Cc3ccccc3)cc12. The fourth-order valence-corrected chi connectivity index (χ4v) is 5.77. The summed E-state index contributed by atoms with van der Waals surface area (Å²) in [6, 6.07) is 22.4. The quantitative estimate of drug-likeness (QED) is 0.0800. The highest BCUT2D eigenvalue weighted by atomic mass is 31.2. The maximum Gasteiger partial charge on any atom is 0.329 e. The Morgan fingerprint density at radius 3 is 2.37 bits per heavy atom. The van der Waals surface area contributed by atoms with E-state index >= 15 is 0 Å². The van der Waals surface area contributed by atoms with Crippen LogP contribution in [0.25, 0.3) is 10.9 Å². The summed E-state index contributed by atoms with van der Waals surface area (Å²) in [7, 11) is -2.53. The Balaban J connectivity index is 1.50. The number of nitrogens with one attached hydrogen (secondary N) is 1. The number of fused-ring (bicyclic) bond motifs is 1. The number of aliphatic hydroxyl groups excluding tert-OH is 2. The van der Waals surface area contributed by atoms with Gasteiger partial charge >= 0.3 is 14.6 Å². The van der Waals surface area contributed by atoms with Crippen LogP contribution in [-0.2, 0) is 22.2 Å². The molecule has 228 valence electrons. The van der Waals surface area contributed by atoms with Gasteiger partial charge in [-0.1, -0.05) is 66.7 Å². The molecule has 0 bridgehead atoms. The molecule has 0 spiro atoms. The minimum Gasteiger partial charge on any atom is -0.388 e. The van der Waals surface area contributed by atoms with Crippen molar-refractivity contribution in [1.82, 2.24) is 20.0 Å². The number of hydrogen-bond donors (Lipinski definition) is 6. The maximum atomic E-state index is 14.6. The summed E-state index contributed by atoms with van der Waals surface area (Å²) in [4.78, 5) is 35.6. The standard InChI is InChI=1S/C30H36N5O7P/c31-29-23-16-21(12-13-24(23)32-33-29)18-35-25(17-20-8-3-1-4-9-20)27(36)28(37)26(22-10-5-2-6-11-22)34(30(35)38)14-7-15-41-19-42-43(39)40/h1-6,8-13,16,25-28,36-37,39-40H,7,14-15,17-19H2,(H3,31,32,33)/t25-,26?,27+,28+/m1/s1. The van der Waals surface area contributed by atoms with Crippen LogP contribution >= 0.6 is 8.60 Å². The molecular formula is C30H36N5O7P. The predicted octanol–water partition coefficient (Wildman–Crippen LogP) is 3.05. The number of rotatable bonds is 12. The third-order valence-corrected chi connectivity index (χ3v) is 8.01. The van der Waals surface area contributed by atoms with E-state index in [1.54, 1.807) is 9.80 Å². The molecule has 4 aromatic rings. The lowest BCUT2D eigenvalue weighted by atomic mass is 9.90. The van der Waals surface area contributed by atoms with Crippen molar-refractivity contribution >= 4 is 31.4 Å². The van der Waals surface area contributed by atoms with Crippen LogP contribution in [0, 0.1) is 0 Å². The zero-order chi connectivity index (χ0) is 30.3. The minimum absolute atomic E-state index is 0.152. The predicted molar refractivity (Wildman–Crippen MR) is 161 cm³/mol. The molecule has 43 heavy (non-hydrogen) atoms. The number of ether oxygens (including phenoxy) is 1. The summed E-state index contributed by atoms with van der Waals surface area (Å²) in [5.74, 6) is 0.347. The van der Waals surface area contributed by atoms with Gasteiger partial charge in [-0.25, -0.2) is 4.79 Å². The average molecular weight is 610 g/mol. The Hall–Kier alpha value is -3.61. The van der Waals surface area contributed by atoms with Crippen molar-refractivity contribution in [3.8, 4) is 0 Å². The van der Waals surface area contributed by atoms with Crippen molar-refractivity contribution in [1.29, 1.82) is 0 Å². The average Bonchev–Trinajstić information content (AvgIpc) is 3.36. The summed E-state index contributed by atoms with van der Waals surface area (Å²) in [5.41, 5.74) is 9.22. The smallest absolute Gasteiger partial charge is 0.329 e. The van der Waals surface area contributed by atoms with Crippen LogP contribution in [0.3, 0.4) is 0 Å². The third-order valence-electron chi connectivity index (χ3n) is 7.67. The highest BCUT2D eigenvalue weighted by Crippen LogP contribution is 2.35. The van der Waals surface area contributed by atoms with Crippen molar-refractivity contribution in [2.45, 2.75) is 43.7 Å². The van der Waals surface area contributed by atoms with E-state index in [-0.39, 0.29) is 32.5 Å². The number of H-pyrrole nitrogens is 1. The van der Waals surface area contributed by atoms with Crippen LogP contribution in [0.2, 0.25) is 0 Å². The second-order valence-electron chi connectivity index (χ2n) is 10.4. The molecule has 3 aromatic carbocycles. The molecule has 13 heteroatoms. The number of hydrogen-bond acceptors (Lipinski definition) is 9. The van der Waals surface area contributed by atoms with Crippen LogP contribution in [0.5, 0.6) is 0 Å². The first-order valence-corrected chi connectivity index (χ1v) is 15.1. The van der Waals surface area contributed by atoms with E-state index in [1.807, 2.05) is 78.9 Å². The Morgan fingerprint density at radius 2 is 1.65 bits per heavy atom. The Morgan fingerprint density at radius 1 is 0.930 bits per heavy atom. The molecule has 1 aromatic heterocycles. The number of urea groups is 1. The molecule has 12 nitrogen and oxygen atoms in total. The van der Waals surface area contributed by atoms with E-state index in [2.05, 4.69) is 14.7 Å². The van der Waals surface area contributed by atoms with Gasteiger partial charge in [0.15, 0.2) is 12.6 Å². The molecule has 1 saturated heterocycles. The van der Waals surface area contributed by atoms with Gasteiger partial charge in [0.05, 0.1) is 24.2 Å². The molecule has 5 rings (SSSR count). The molecule has 0 aliphatic carbocycles. The summed E-state index contributed by atoms with van der Waals surface area (Å²) in [5, 5.41) is 31.2. The molecule has 4 atom stereocenters. The molecule has 1 fully saturated rings. The lowest BCUT2D eigenvalue weighted by Crippen LogP contribution is -2.50. The first-order chi connectivity index (χ1) is 20.8. The minimum atomic E-state index is -2.53. The molecule has 1 unspecified atom stereocenters. The molecule has 0 radical (unpaired) electrons. The number of nitrogen functional groups attached to an aromatic ring is 1. The molecule has 1 aliphatic heterocycles. The third kappa shape index (κ3) is 7.31. The summed E-state index contributed by atoms with van der Waals surface area (Å²) in [6.45, 7) is 0.203. The highest BCUT2D eigenvalue weighted by Gasteiger charge is 2.46. The van der Waals surface area contributed by atoms with E-state index in [4.69, 9.17) is 20.3 Å². The van der Waals surface area contributed by atoms with Gasteiger partial charge in [-0.2, -0.15) is 5.10 Å². The van der Waals surface area contributed by atoms with Crippen LogP contribution in [0.1, 0.15) is 29.2 Å². The fourth-order valence-electron chi connectivity index (χ4n) is 5.60. The molecule has 2 heterocycles. The van der Waals surface area contributed by atoms with Gasteiger partial charge in [0.1, 0.15) is 12.2 Å². The van der Waals surface area contributed by atoms with Gasteiger partial charge in [-0.15, -0.1) is 0 Å². The largest absolute Gasteiger partial charge is 0.388 e. The number of nitrogens with zero attached hydrogens (tertiary/aromatic N) is 3. The number of carbonyl (C=O) groups excluding carboxylic acids is 1. The Bertz CT molecular complexity index is 1480. The first-order valence-electron chi connectivity index (χ1n) is 14.0. The second-order valence-corrected chi connectivity index (χ2v) is 11.2. The lowest BCUT2D eigenvalue weighted by Gasteiger charge is -2.36. The second kappa shape index (κ2) is 14.2. The van der Waals surface area contributed by atoms with Crippen molar-refractivity contribution in [3.63, 3.8) is 0 Å². The lowest BCUT2D eigenvalue weighted by molar-refractivity contribution is -0.0424. The van der Waals surface area contributed by atoms with Crippen molar-refractivity contribution < 1.29 is 34.1 Å². The van der Waals surface area contributed by atoms with Crippen molar-refractivity contribution in [3.05, 3.63) is 95.6 Å². The van der Waals surface area contributed by atoms with Crippen molar-refractivity contribution in [2.75, 3.05) is 25.7 Å². The van der Waals surface area contributed by atoms with E-state index < -0.39 is 32.9 Å². The van der Waals surface area contributed by atoms with Crippen LogP contribution in [0.15, 0.2) is 78.9 Å². The van der Waals surface area contributed by atoms with Gasteiger partial charge in [0.25, 0.3) is 0 Å². The first kappa shape index (κ1) is 30.8. The van der Waals surface area contributed by atoms with Gasteiger partial charge in [0.2, 0.25) is 0 Å². The van der Waals surface area contributed by atoms with Crippen LogP contribution in [0.4, 0.5) is 10.6 Å². The van der Waals surface area contributed by atoms with E-state index in [0.29, 0.717) is 24.2 Å². The highest BCUT2D eigenvalue weighted by molar-refractivity contribution is 7.39. The fraction of sp³-hybridized carbons (Fsp3) is 0.333. The molecule has 0 saturated carbocycles. The Labute approximate surface area is 250 Å². The van der Waals surface area contributed by atoms with Gasteiger partial charge < -0.3 is 40.3 Å². The number of aromatic nitrogens is 2.